The molecular weight excluding hydrogens is 292 g/mol. The van der Waals surface area contributed by atoms with E-state index in [0.29, 0.717) is 28.9 Å². The van der Waals surface area contributed by atoms with Crippen LogP contribution in [-0.4, -0.2) is 21.0 Å². The molecule has 6 heteroatoms. The molecular formula is C17H18N4O2. The van der Waals surface area contributed by atoms with E-state index in [0.717, 1.165) is 11.3 Å². The van der Waals surface area contributed by atoms with E-state index in [1.54, 1.807) is 12.4 Å². The Hall–Kier alpha value is -2.76. The molecule has 0 radical (unpaired) electrons. The van der Waals surface area contributed by atoms with Gasteiger partial charge in [0.1, 0.15) is 0 Å². The molecule has 0 fully saturated rings. The molecule has 118 valence electrons. The Morgan fingerprint density at radius 3 is 2.74 bits per heavy atom. The van der Waals surface area contributed by atoms with Crippen LogP contribution in [0.25, 0.3) is 11.1 Å². The summed E-state index contributed by atoms with van der Waals surface area (Å²) in [4.78, 5) is 21.0. The van der Waals surface area contributed by atoms with E-state index < -0.39 is 0 Å². The lowest BCUT2D eigenvalue weighted by Crippen LogP contribution is -2.23. The highest BCUT2D eigenvalue weighted by atomic mass is 16.5. The first-order valence-corrected chi connectivity index (χ1v) is 7.50. The molecule has 0 aliphatic heterocycles. The Balaban J connectivity index is 1.94. The van der Waals surface area contributed by atoms with Gasteiger partial charge in [0.05, 0.1) is 16.6 Å². The minimum absolute atomic E-state index is 0.164. The third-order valence-corrected chi connectivity index (χ3v) is 3.68. The summed E-state index contributed by atoms with van der Waals surface area (Å²) < 4.78 is 5.24. The van der Waals surface area contributed by atoms with E-state index >= 15 is 0 Å². The van der Waals surface area contributed by atoms with Crippen LogP contribution in [0.2, 0.25) is 0 Å². The highest BCUT2D eigenvalue weighted by Gasteiger charge is 2.19. The summed E-state index contributed by atoms with van der Waals surface area (Å²) in [6.45, 7) is 6.29. The summed E-state index contributed by atoms with van der Waals surface area (Å²) in [6, 6.07) is 5.55. The monoisotopic (exact) mass is 310 g/mol. The summed E-state index contributed by atoms with van der Waals surface area (Å²) in [5.41, 5.74) is 3.42. The number of aryl methyl sites for hydroxylation is 1. The van der Waals surface area contributed by atoms with Crippen molar-refractivity contribution in [3.63, 3.8) is 0 Å². The van der Waals surface area contributed by atoms with Gasteiger partial charge in [-0.2, -0.15) is 0 Å². The summed E-state index contributed by atoms with van der Waals surface area (Å²) >= 11 is 0. The number of carbonyl (C=O) groups is 1. The molecule has 3 rings (SSSR count). The molecule has 0 bridgehead atoms. The van der Waals surface area contributed by atoms with Gasteiger partial charge >= 0.3 is 0 Å². The third kappa shape index (κ3) is 3.06. The van der Waals surface area contributed by atoms with Gasteiger partial charge in [-0.3, -0.25) is 9.78 Å². The van der Waals surface area contributed by atoms with Crippen LogP contribution in [0, 0.1) is 6.92 Å². The van der Waals surface area contributed by atoms with Crippen LogP contribution in [0.1, 0.15) is 47.1 Å². The number of nitrogens with one attached hydrogen (secondary N) is 1. The van der Waals surface area contributed by atoms with Gasteiger partial charge < -0.3 is 9.84 Å². The van der Waals surface area contributed by atoms with E-state index in [4.69, 9.17) is 4.52 Å². The second-order valence-electron chi connectivity index (χ2n) is 5.74. The first kappa shape index (κ1) is 15.1. The van der Waals surface area contributed by atoms with Crippen molar-refractivity contribution >= 4 is 17.0 Å². The van der Waals surface area contributed by atoms with E-state index in [9.17, 15) is 4.79 Å². The third-order valence-electron chi connectivity index (χ3n) is 3.68. The summed E-state index contributed by atoms with van der Waals surface area (Å²) in [7, 11) is 0. The molecule has 3 aromatic rings. The van der Waals surface area contributed by atoms with Gasteiger partial charge in [-0.25, -0.2) is 4.98 Å². The first-order chi connectivity index (χ1) is 11.1. The molecule has 6 nitrogen and oxygen atoms in total. The molecule has 3 heterocycles. The average molecular weight is 310 g/mol. The highest BCUT2D eigenvalue weighted by molar-refractivity contribution is 6.06. The van der Waals surface area contributed by atoms with E-state index in [1.807, 2.05) is 39.0 Å². The smallest absolute Gasteiger partial charge is 0.259 e. The normalized spacial score (nSPS) is 11.1. The summed E-state index contributed by atoms with van der Waals surface area (Å²) in [5.74, 6) is 0.0268. The Morgan fingerprint density at radius 2 is 2.04 bits per heavy atom. The number of amides is 1. The summed E-state index contributed by atoms with van der Waals surface area (Å²) in [6.07, 6.45) is 3.40. The predicted octanol–water partition coefficient (Wildman–Crippen LogP) is 2.98. The Bertz CT molecular complexity index is 840. The molecule has 0 spiro atoms. The fraction of sp³-hybridized carbons (Fsp3) is 0.294. The molecule has 23 heavy (non-hydrogen) atoms. The van der Waals surface area contributed by atoms with Crippen molar-refractivity contribution in [3.05, 3.63) is 53.1 Å². The van der Waals surface area contributed by atoms with Gasteiger partial charge in [0, 0.05) is 24.6 Å². The largest absolute Gasteiger partial charge is 0.348 e. The fourth-order valence-corrected chi connectivity index (χ4v) is 2.37. The molecule has 3 aromatic heterocycles. The van der Waals surface area contributed by atoms with Crippen LogP contribution in [0.15, 0.2) is 35.1 Å². The number of pyridine rings is 2. The lowest BCUT2D eigenvalue weighted by Gasteiger charge is -2.09. The average Bonchev–Trinajstić information content (AvgIpc) is 2.94. The molecule has 0 unspecified atom stereocenters. The van der Waals surface area contributed by atoms with Crippen molar-refractivity contribution in [3.8, 4) is 0 Å². The van der Waals surface area contributed by atoms with Crippen molar-refractivity contribution < 1.29 is 9.32 Å². The fourth-order valence-electron chi connectivity index (χ4n) is 2.37. The number of rotatable bonds is 4. The number of hydrogen-bond acceptors (Lipinski definition) is 5. The number of nitrogens with zero attached hydrogens (tertiary/aromatic N) is 3. The quantitative estimate of drug-likeness (QED) is 0.801. The maximum absolute atomic E-state index is 12.6. The molecule has 1 N–H and O–H groups in total. The van der Waals surface area contributed by atoms with E-state index in [2.05, 4.69) is 20.4 Å². The second-order valence-corrected chi connectivity index (χ2v) is 5.74. The minimum atomic E-state index is -0.164. The standard InChI is InChI=1S/C17H18N4O2/c1-10(2)14-8-13(15-11(3)21-23-17(15)20-14)16(22)19-9-12-4-6-18-7-5-12/h4-8,10H,9H2,1-3H3,(H,19,22). The highest BCUT2D eigenvalue weighted by Crippen LogP contribution is 2.25. The van der Waals surface area contributed by atoms with Crippen molar-refractivity contribution in [2.75, 3.05) is 0 Å². The van der Waals surface area contributed by atoms with Gasteiger partial charge in [-0.1, -0.05) is 19.0 Å². The first-order valence-electron chi connectivity index (χ1n) is 7.50. The van der Waals surface area contributed by atoms with Crippen LogP contribution in [0.4, 0.5) is 0 Å². The molecule has 0 aliphatic carbocycles. The number of hydrogen-bond donors (Lipinski definition) is 1. The topological polar surface area (TPSA) is 80.9 Å². The Morgan fingerprint density at radius 1 is 1.30 bits per heavy atom. The van der Waals surface area contributed by atoms with Crippen LogP contribution < -0.4 is 5.32 Å². The van der Waals surface area contributed by atoms with Crippen LogP contribution in [-0.2, 0) is 6.54 Å². The number of aromatic nitrogens is 3. The molecule has 0 aromatic carbocycles. The SMILES string of the molecule is Cc1noc2nc(C(C)C)cc(C(=O)NCc3ccncc3)c12. The zero-order chi connectivity index (χ0) is 16.4. The van der Waals surface area contributed by atoms with Crippen molar-refractivity contribution in [1.82, 2.24) is 20.4 Å². The van der Waals surface area contributed by atoms with Gasteiger partial charge in [-0.15, -0.1) is 0 Å². The second kappa shape index (κ2) is 6.16. The van der Waals surface area contributed by atoms with Crippen LogP contribution in [0.3, 0.4) is 0 Å². The van der Waals surface area contributed by atoms with Gasteiger partial charge in [0.2, 0.25) is 0 Å². The molecule has 0 atom stereocenters. The van der Waals surface area contributed by atoms with Crippen molar-refractivity contribution in [1.29, 1.82) is 0 Å². The summed E-state index contributed by atoms with van der Waals surface area (Å²) in [5, 5.41) is 7.53. The number of fused-ring (bicyclic) bond motifs is 1. The molecule has 0 aliphatic rings. The van der Waals surface area contributed by atoms with Crippen LogP contribution >= 0.6 is 0 Å². The number of carbonyl (C=O) groups excluding carboxylic acids is 1. The lowest BCUT2D eigenvalue weighted by atomic mass is 10.0. The van der Waals surface area contributed by atoms with Crippen molar-refractivity contribution in [2.24, 2.45) is 0 Å². The van der Waals surface area contributed by atoms with Gasteiger partial charge in [0.25, 0.3) is 11.6 Å². The molecule has 0 saturated heterocycles. The van der Waals surface area contributed by atoms with E-state index in [-0.39, 0.29) is 11.8 Å². The van der Waals surface area contributed by atoms with E-state index in [1.165, 1.54) is 0 Å². The van der Waals surface area contributed by atoms with Gasteiger partial charge in [0.15, 0.2) is 0 Å². The zero-order valence-electron chi connectivity index (χ0n) is 13.3. The minimum Gasteiger partial charge on any atom is -0.348 e. The molecule has 1 amide bonds. The zero-order valence-corrected chi connectivity index (χ0v) is 13.3. The molecule has 0 saturated carbocycles. The maximum Gasteiger partial charge on any atom is 0.259 e. The van der Waals surface area contributed by atoms with Gasteiger partial charge in [-0.05, 0) is 36.6 Å². The van der Waals surface area contributed by atoms with Crippen LogP contribution in [0.5, 0.6) is 0 Å². The predicted molar refractivity (Wildman–Crippen MR) is 86.0 cm³/mol. The maximum atomic E-state index is 12.6. The van der Waals surface area contributed by atoms with Crippen molar-refractivity contribution in [2.45, 2.75) is 33.2 Å². The Kier molecular flexibility index (Phi) is 4.06. The lowest BCUT2D eigenvalue weighted by molar-refractivity contribution is 0.0952. The Labute approximate surface area is 133 Å².